The lowest BCUT2D eigenvalue weighted by Crippen LogP contribution is -2.43. The van der Waals surface area contributed by atoms with Crippen LogP contribution in [0, 0.1) is 5.92 Å². The summed E-state index contributed by atoms with van der Waals surface area (Å²) in [7, 11) is 0. The van der Waals surface area contributed by atoms with Crippen LogP contribution in [0.2, 0.25) is 0 Å². The first-order chi connectivity index (χ1) is 7.95. The standard InChI is InChI=1S/C13H15BrN2S/c1-8(2)13(15-9(3)12(17)16-13)10-5-4-6-11(14)7-10/h4-8H,1-3H3,(H,16,17). The smallest absolute Gasteiger partial charge is 0.159 e. The molecule has 1 aliphatic heterocycles. The highest BCUT2D eigenvalue weighted by Crippen LogP contribution is 2.35. The molecule has 2 nitrogen and oxygen atoms in total. The summed E-state index contributed by atoms with van der Waals surface area (Å²) in [6.45, 7) is 6.26. The Hall–Kier alpha value is -0.740. The SMILES string of the molecule is CC1=NC(c2cccc(Br)c2)(C(C)C)NC1=S. The molecule has 2 rings (SSSR count). The molecule has 0 aromatic heterocycles. The Morgan fingerprint density at radius 1 is 1.41 bits per heavy atom. The van der Waals surface area contributed by atoms with Gasteiger partial charge in [-0.3, -0.25) is 4.99 Å². The molecule has 1 heterocycles. The van der Waals surface area contributed by atoms with Crippen LogP contribution in [0.25, 0.3) is 0 Å². The number of nitrogens with zero attached hydrogens (tertiary/aromatic N) is 1. The number of halogens is 1. The van der Waals surface area contributed by atoms with Gasteiger partial charge in [0.2, 0.25) is 0 Å². The molecule has 0 bridgehead atoms. The quantitative estimate of drug-likeness (QED) is 0.843. The maximum atomic E-state index is 5.29. The van der Waals surface area contributed by atoms with Gasteiger partial charge in [-0.15, -0.1) is 0 Å². The van der Waals surface area contributed by atoms with E-state index >= 15 is 0 Å². The normalized spacial score (nSPS) is 23.8. The number of hydrogen-bond acceptors (Lipinski definition) is 2. The van der Waals surface area contributed by atoms with E-state index in [2.05, 4.69) is 47.2 Å². The van der Waals surface area contributed by atoms with Crippen LogP contribution in [0.15, 0.2) is 33.7 Å². The van der Waals surface area contributed by atoms with E-state index in [-0.39, 0.29) is 0 Å². The van der Waals surface area contributed by atoms with Gasteiger partial charge in [0.25, 0.3) is 0 Å². The fourth-order valence-electron chi connectivity index (χ4n) is 2.08. The number of thiocarbonyl (C=S) groups is 1. The van der Waals surface area contributed by atoms with Crippen molar-refractivity contribution in [3.8, 4) is 0 Å². The number of aliphatic imine (C=N–C) groups is 1. The molecular formula is C13H15BrN2S. The third kappa shape index (κ3) is 2.16. The Morgan fingerprint density at radius 3 is 2.59 bits per heavy atom. The summed E-state index contributed by atoms with van der Waals surface area (Å²) >= 11 is 8.79. The van der Waals surface area contributed by atoms with E-state index < -0.39 is 5.66 Å². The molecule has 1 aliphatic rings. The van der Waals surface area contributed by atoms with Gasteiger partial charge in [0.05, 0.1) is 5.71 Å². The molecule has 1 aromatic carbocycles. The van der Waals surface area contributed by atoms with Crippen molar-refractivity contribution in [2.45, 2.75) is 26.4 Å². The Balaban J connectivity index is 2.55. The van der Waals surface area contributed by atoms with Crippen LogP contribution in [-0.4, -0.2) is 10.7 Å². The van der Waals surface area contributed by atoms with Crippen molar-refractivity contribution in [1.82, 2.24) is 5.32 Å². The van der Waals surface area contributed by atoms with E-state index in [1.165, 1.54) is 0 Å². The van der Waals surface area contributed by atoms with Gasteiger partial charge in [-0.25, -0.2) is 0 Å². The van der Waals surface area contributed by atoms with Crippen molar-refractivity contribution in [2.75, 3.05) is 0 Å². The average molecular weight is 311 g/mol. The zero-order valence-corrected chi connectivity index (χ0v) is 12.5. The Bertz CT molecular complexity index is 496. The van der Waals surface area contributed by atoms with Gasteiger partial charge in [0.15, 0.2) is 5.66 Å². The number of rotatable bonds is 2. The summed E-state index contributed by atoms with van der Waals surface area (Å²) in [6.07, 6.45) is 0. The minimum Gasteiger partial charge on any atom is -0.347 e. The molecule has 0 radical (unpaired) electrons. The Kier molecular flexibility index (Phi) is 3.36. The maximum Gasteiger partial charge on any atom is 0.159 e. The first-order valence-corrected chi connectivity index (χ1v) is 6.81. The predicted octanol–water partition coefficient (Wildman–Crippen LogP) is 3.65. The summed E-state index contributed by atoms with van der Waals surface area (Å²) in [5.74, 6) is 0.326. The monoisotopic (exact) mass is 310 g/mol. The van der Waals surface area contributed by atoms with E-state index in [0.29, 0.717) is 5.92 Å². The molecule has 1 unspecified atom stereocenters. The van der Waals surface area contributed by atoms with Crippen LogP contribution in [0.3, 0.4) is 0 Å². The van der Waals surface area contributed by atoms with Crippen LogP contribution in [0.1, 0.15) is 26.3 Å². The molecular weight excluding hydrogens is 296 g/mol. The molecule has 1 N–H and O–H groups in total. The zero-order chi connectivity index (χ0) is 12.6. The van der Waals surface area contributed by atoms with E-state index in [9.17, 15) is 0 Å². The molecule has 17 heavy (non-hydrogen) atoms. The van der Waals surface area contributed by atoms with Crippen molar-refractivity contribution in [3.05, 3.63) is 34.3 Å². The maximum absolute atomic E-state index is 5.29. The average Bonchev–Trinajstić information content (AvgIpc) is 2.56. The second-order valence-corrected chi connectivity index (χ2v) is 5.91. The highest BCUT2D eigenvalue weighted by Gasteiger charge is 2.40. The van der Waals surface area contributed by atoms with Crippen LogP contribution < -0.4 is 5.32 Å². The van der Waals surface area contributed by atoms with Crippen LogP contribution in [0.4, 0.5) is 0 Å². The molecule has 0 saturated heterocycles. The van der Waals surface area contributed by atoms with Gasteiger partial charge in [-0.05, 0) is 19.1 Å². The molecule has 0 spiro atoms. The number of hydrogen-bond donors (Lipinski definition) is 1. The first kappa shape index (κ1) is 12.7. The lowest BCUT2D eigenvalue weighted by atomic mass is 9.89. The zero-order valence-electron chi connectivity index (χ0n) is 10.1. The van der Waals surface area contributed by atoms with Gasteiger partial charge in [-0.1, -0.05) is 54.1 Å². The summed E-state index contributed by atoms with van der Waals surface area (Å²) in [6, 6.07) is 8.22. The van der Waals surface area contributed by atoms with E-state index in [1.807, 2.05) is 19.1 Å². The fraction of sp³-hybridized carbons (Fsp3) is 0.385. The third-order valence-corrected chi connectivity index (χ3v) is 3.97. The van der Waals surface area contributed by atoms with Crippen molar-refractivity contribution >= 4 is 38.8 Å². The van der Waals surface area contributed by atoms with Crippen molar-refractivity contribution in [1.29, 1.82) is 0 Å². The van der Waals surface area contributed by atoms with Crippen molar-refractivity contribution < 1.29 is 0 Å². The van der Waals surface area contributed by atoms with Gasteiger partial charge in [-0.2, -0.15) is 0 Å². The third-order valence-electron chi connectivity index (χ3n) is 3.08. The van der Waals surface area contributed by atoms with E-state index in [0.717, 1.165) is 20.7 Å². The van der Waals surface area contributed by atoms with Crippen LogP contribution >= 0.6 is 28.1 Å². The second kappa shape index (κ2) is 4.50. The Morgan fingerprint density at radius 2 is 2.12 bits per heavy atom. The Labute approximate surface area is 116 Å². The van der Waals surface area contributed by atoms with E-state index in [1.54, 1.807) is 0 Å². The molecule has 4 heteroatoms. The van der Waals surface area contributed by atoms with Crippen molar-refractivity contribution in [2.24, 2.45) is 10.9 Å². The summed E-state index contributed by atoms with van der Waals surface area (Å²) in [4.78, 5) is 5.50. The molecule has 0 aliphatic carbocycles. The highest BCUT2D eigenvalue weighted by molar-refractivity contribution is 9.10. The molecule has 0 fully saturated rings. The van der Waals surface area contributed by atoms with Crippen LogP contribution in [0.5, 0.6) is 0 Å². The van der Waals surface area contributed by atoms with Gasteiger partial charge >= 0.3 is 0 Å². The lowest BCUT2D eigenvalue weighted by molar-refractivity contribution is 0.305. The van der Waals surface area contributed by atoms with E-state index in [4.69, 9.17) is 17.2 Å². The summed E-state index contributed by atoms with van der Waals surface area (Å²) in [5, 5.41) is 3.37. The highest BCUT2D eigenvalue weighted by atomic mass is 79.9. The lowest BCUT2D eigenvalue weighted by Gasteiger charge is -2.32. The van der Waals surface area contributed by atoms with Crippen LogP contribution in [-0.2, 0) is 5.66 Å². The number of nitrogens with one attached hydrogen (secondary N) is 1. The van der Waals surface area contributed by atoms with Gasteiger partial charge in [0, 0.05) is 16.0 Å². The van der Waals surface area contributed by atoms with Gasteiger partial charge < -0.3 is 5.32 Å². The minimum atomic E-state index is -0.412. The second-order valence-electron chi connectivity index (χ2n) is 4.58. The topological polar surface area (TPSA) is 24.4 Å². The summed E-state index contributed by atoms with van der Waals surface area (Å²) in [5.41, 5.74) is 1.64. The predicted molar refractivity (Wildman–Crippen MR) is 79.5 cm³/mol. The first-order valence-electron chi connectivity index (χ1n) is 5.61. The largest absolute Gasteiger partial charge is 0.347 e. The molecule has 1 aromatic rings. The minimum absolute atomic E-state index is 0.326. The molecule has 90 valence electrons. The summed E-state index contributed by atoms with van der Waals surface area (Å²) < 4.78 is 1.06. The number of benzene rings is 1. The molecule has 0 saturated carbocycles. The molecule has 0 amide bonds. The molecule has 1 atom stereocenters. The fourth-order valence-corrected chi connectivity index (χ4v) is 2.68. The van der Waals surface area contributed by atoms with Gasteiger partial charge in [0.1, 0.15) is 4.99 Å². The van der Waals surface area contributed by atoms with Crippen molar-refractivity contribution in [3.63, 3.8) is 0 Å².